The molecule has 0 fully saturated rings. The summed E-state index contributed by atoms with van der Waals surface area (Å²) in [5.41, 5.74) is 9.14. The highest BCUT2D eigenvalue weighted by Gasteiger charge is 2.30. The van der Waals surface area contributed by atoms with Gasteiger partial charge in [-0.3, -0.25) is 4.79 Å². The fourth-order valence-electron chi connectivity index (χ4n) is 4.30. The fraction of sp³-hybridized carbons (Fsp3) is 0.367. The Bertz CT molecular complexity index is 1550. The molecule has 12 heteroatoms. The maximum Gasteiger partial charge on any atom is 0.354 e. The van der Waals surface area contributed by atoms with E-state index in [0.29, 0.717) is 39.2 Å². The van der Waals surface area contributed by atoms with Crippen LogP contribution in [-0.2, 0) is 16.6 Å². The number of aliphatic imine (C=N–C) groups is 1. The Balaban J connectivity index is 2.39. The molecular weight excluding hydrogens is 558 g/mol. The van der Waals surface area contributed by atoms with Gasteiger partial charge in [-0.15, -0.1) is 0 Å². The molecule has 42 heavy (non-hydrogen) atoms. The second kappa shape index (κ2) is 14.0. The summed E-state index contributed by atoms with van der Waals surface area (Å²) < 4.78 is 12.4. The number of aryl methyl sites for hydroxylation is 2. The van der Waals surface area contributed by atoms with E-state index in [9.17, 15) is 9.59 Å². The standard InChI is InChI=1S/C30H38ClN7O4/c1-9-42-29(40)24(32)23(25(17(2)3)35-22-15-33-30(37(5)6)36-27(22)41-8)26(19-10-12-20(31)13-11-19)34-21-14-18(4)16-38(7)28(21)39/h10-17,26,34H,9,32H2,1-8H3. The highest BCUT2D eigenvalue weighted by molar-refractivity contribution is 6.30. The number of nitrogens with one attached hydrogen (secondary N) is 1. The maximum atomic E-state index is 13.2. The van der Waals surface area contributed by atoms with Crippen LogP contribution in [0.4, 0.5) is 17.3 Å². The minimum absolute atomic E-state index is 0.117. The van der Waals surface area contributed by atoms with Crippen LogP contribution in [0, 0.1) is 12.8 Å². The minimum atomic E-state index is -0.810. The van der Waals surface area contributed by atoms with Gasteiger partial charge in [0.1, 0.15) is 17.1 Å². The lowest BCUT2D eigenvalue weighted by atomic mass is 9.88. The molecule has 0 radical (unpaired) electrons. The van der Waals surface area contributed by atoms with Gasteiger partial charge >= 0.3 is 5.97 Å². The molecule has 3 aromatic rings. The van der Waals surface area contributed by atoms with Gasteiger partial charge in [0.15, 0.2) is 0 Å². The second-order valence-electron chi connectivity index (χ2n) is 10.1. The number of esters is 1. The first kappa shape index (κ1) is 32.1. The van der Waals surface area contributed by atoms with Gasteiger partial charge < -0.3 is 30.0 Å². The van der Waals surface area contributed by atoms with Crippen LogP contribution in [-0.4, -0.2) is 54.0 Å². The Labute approximate surface area is 251 Å². The predicted molar refractivity (Wildman–Crippen MR) is 167 cm³/mol. The molecule has 3 N–H and O–H groups in total. The van der Waals surface area contributed by atoms with Crippen molar-refractivity contribution in [1.29, 1.82) is 0 Å². The molecule has 2 heterocycles. The van der Waals surface area contributed by atoms with Crippen molar-refractivity contribution in [3.05, 3.63) is 80.5 Å². The van der Waals surface area contributed by atoms with Gasteiger partial charge in [0.2, 0.25) is 11.8 Å². The average molecular weight is 596 g/mol. The molecule has 11 nitrogen and oxygen atoms in total. The van der Waals surface area contributed by atoms with Gasteiger partial charge in [0, 0.05) is 37.9 Å². The molecule has 0 aliphatic carbocycles. The molecule has 0 amide bonds. The molecule has 224 valence electrons. The van der Waals surface area contributed by atoms with E-state index in [2.05, 4.69) is 15.3 Å². The van der Waals surface area contributed by atoms with Crippen LogP contribution in [0.2, 0.25) is 5.02 Å². The van der Waals surface area contributed by atoms with E-state index in [1.54, 1.807) is 61.6 Å². The molecule has 0 saturated heterocycles. The molecular formula is C30H38ClN7O4. The molecule has 0 bridgehead atoms. The first-order valence-corrected chi connectivity index (χ1v) is 13.8. The van der Waals surface area contributed by atoms with Crippen LogP contribution >= 0.6 is 11.6 Å². The third-order valence-electron chi connectivity index (χ3n) is 6.28. The normalized spacial score (nSPS) is 13.0. The number of rotatable bonds is 11. The van der Waals surface area contributed by atoms with E-state index >= 15 is 0 Å². The number of nitrogens with zero attached hydrogens (tertiary/aromatic N) is 5. The van der Waals surface area contributed by atoms with Crippen molar-refractivity contribution >= 4 is 40.6 Å². The number of anilines is 2. The van der Waals surface area contributed by atoms with Gasteiger partial charge in [0.05, 0.1) is 31.7 Å². The zero-order valence-corrected chi connectivity index (χ0v) is 26.0. The zero-order valence-electron chi connectivity index (χ0n) is 25.2. The lowest BCUT2D eigenvalue weighted by molar-refractivity contribution is -0.138. The molecule has 3 rings (SSSR count). The predicted octanol–water partition coefficient (Wildman–Crippen LogP) is 4.57. The molecule has 1 unspecified atom stereocenters. The molecule has 0 aliphatic heterocycles. The Hall–Kier alpha value is -4.38. The number of aromatic nitrogens is 3. The Morgan fingerprint density at radius 3 is 2.48 bits per heavy atom. The number of carbonyl (C=O) groups is 1. The molecule has 0 spiro atoms. The summed E-state index contributed by atoms with van der Waals surface area (Å²) in [5, 5.41) is 3.87. The number of hydrogen-bond acceptors (Lipinski definition) is 10. The summed E-state index contributed by atoms with van der Waals surface area (Å²) in [7, 11) is 6.80. The van der Waals surface area contributed by atoms with Crippen molar-refractivity contribution in [3.8, 4) is 5.88 Å². The monoisotopic (exact) mass is 595 g/mol. The summed E-state index contributed by atoms with van der Waals surface area (Å²) in [5.74, 6) is -0.299. The van der Waals surface area contributed by atoms with Crippen LogP contribution in [0.25, 0.3) is 0 Å². The van der Waals surface area contributed by atoms with E-state index in [0.717, 1.165) is 5.56 Å². The first-order chi connectivity index (χ1) is 19.9. The number of carbonyl (C=O) groups excluding carboxylic acids is 1. The number of pyridine rings is 1. The smallest absolute Gasteiger partial charge is 0.354 e. The number of nitrogens with two attached hydrogens (primary N) is 1. The van der Waals surface area contributed by atoms with Gasteiger partial charge in [-0.2, -0.15) is 4.98 Å². The van der Waals surface area contributed by atoms with Crippen LogP contribution in [0.15, 0.2) is 63.8 Å². The maximum absolute atomic E-state index is 13.2. The van der Waals surface area contributed by atoms with Gasteiger partial charge in [0.25, 0.3) is 5.56 Å². The molecule has 1 aromatic carbocycles. The largest absolute Gasteiger partial charge is 0.479 e. The Morgan fingerprint density at radius 1 is 1.24 bits per heavy atom. The molecule has 0 saturated carbocycles. The first-order valence-electron chi connectivity index (χ1n) is 13.4. The molecule has 2 aromatic heterocycles. The summed E-state index contributed by atoms with van der Waals surface area (Å²) in [6.07, 6.45) is 3.28. The van der Waals surface area contributed by atoms with Crippen molar-refractivity contribution in [2.24, 2.45) is 23.7 Å². The van der Waals surface area contributed by atoms with E-state index in [4.69, 9.17) is 31.8 Å². The lowest BCUT2D eigenvalue weighted by Gasteiger charge is -2.28. The lowest BCUT2D eigenvalue weighted by Crippen LogP contribution is -2.31. The van der Waals surface area contributed by atoms with E-state index in [-0.39, 0.29) is 29.7 Å². The van der Waals surface area contributed by atoms with Crippen molar-refractivity contribution < 1.29 is 14.3 Å². The van der Waals surface area contributed by atoms with E-state index in [1.807, 2.05) is 34.9 Å². The highest BCUT2D eigenvalue weighted by Crippen LogP contribution is 2.34. The summed E-state index contributed by atoms with van der Waals surface area (Å²) >= 11 is 6.23. The van der Waals surface area contributed by atoms with E-state index < -0.39 is 12.0 Å². The fourth-order valence-corrected chi connectivity index (χ4v) is 4.43. The Morgan fingerprint density at radius 2 is 1.90 bits per heavy atom. The number of methoxy groups -OCH3 is 1. The summed E-state index contributed by atoms with van der Waals surface area (Å²) in [6, 6.07) is 7.97. The van der Waals surface area contributed by atoms with Crippen molar-refractivity contribution in [2.45, 2.75) is 33.7 Å². The number of benzene rings is 1. The minimum Gasteiger partial charge on any atom is -0.479 e. The van der Waals surface area contributed by atoms with Crippen molar-refractivity contribution in [2.75, 3.05) is 38.0 Å². The van der Waals surface area contributed by atoms with E-state index in [1.165, 1.54) is 11.7 Å². The SMILES string of the molecule is CCOC(=O)C(N)=C(C(=Nc1cnc(N(C)C)nc1OC)C(C)C)C(Nc1cc(C)cn(C)c1=O)c1ccc(Cl)cc1. The summed E-state index contributed by atoms with van der Waals surface area (Å²) in [4.78, 5) is 41.9. The van der Waals surface area contributed by atoms with Crippen LogP contribution in [0.5, 0.6) is 5.88 Å². The number of ether oxygens (including phenoxy) is 2. The Kier molecular flexibility index (Phi) is 10.7. The highest BCUT2D eigenvalue weighted by atomic mass is 35.5. The third kappa shape index (κ3) is 7.47. The quantitative estimate of drug-likeness (QED) is 0.185. The van der Waals surface area contributed by atoms with Gasteiger partial charge in [-0.05, 0) is 49.1 Å². The van der Waals surface area contributed by atoms with Crippen molar-refractivity contribution in [3.63, 3.8) is 0 Å². The van der Waals surface area contributed by atoms with Crippen molar-refractivity contribution in [1.82, 2.24) is 14.5 Å². The van der Waals surface area contributed by atoms with Gasteiger partial charge in [-0.25, -0.2) is 14.8 Å². The second-order valence-corrected chi connectivity index (χ2v) is 10.6. The summed E-state index contributed by atoms with van der Waals surface area (Å²) in [6.45, 7) is 7.54. The van der Waals surface area contributed by atoms with Crippen LogP contribution < -0.4 is 26.2 Å². The average Bonchev–Trinajstić information content (AvgIpc) is 2.94. The number of halogens is 1. The van der Waals surface area contributed by atoms with Crippen LogP contribution in [0.3, 0.4) is 0 Å². The van der Waals surface area contributed by atoms with Crippen LogP contribution in [0.1, 0.15) is 37.9 Å². The molecule has 1 atom stereocenters. The zero-order chi connectivity index (χ0) is 31.1. The topological polar surface area (TPSA) is 137 Å². The number of hydrogen-bond donors (Lipinski definition) is 2. The third-order valence-corrected chi connectivity index (χ3v) is 6.53. The molecule has 0 aliphatic rings. The van der Waals surface area contributed by atoms with Gasteiger partial charge in [-0.1, -0.05) is 37.6 Å².